The minimum absolute atomic E-state index is 0.0774. The fourth-order valence-electron chi connectivity index (χ4n) is 0.912. The molecule has 0 aromatic heterocycles. The van der Waals surface area contributed by atoms with Crippen molar-refractivity contribution in [1.82, 2.24) is 0 Å². The summed E-state index contributed by atoms with van der Waals surface area (Å²) in [7, 11) is 0. The lowest BCUT2D eigenvalue weighted by Gasteiger charge is -2.21. The van der Waals surface area contributed by atoms with E-state index in [0.717, 1.165) is 5.57 Å². The van der Waals surface area contributed by atoms with E-state index in [0.29, 0.717) is 12.3 Å². The number of carbonyl (C=O) groups excluding carboxylic acids is 1. The molecule has 0 fully saturated rings. The monoisotopic (exact) mass is 168 g/mol. The molecule has 0 rings (SSSR count). The van der Waals surface area contributed by atoms with Crippen LogP contribution in [0.4, 0.5) is 0 Å². The number of hydrogen-bond donors (Lipinski definition) is 0. The third-order valence-corrected chi connectivity index (χ3v) is 1.84. The SMILES string of the molecule is C=C(C(=O)CC(C)C)C(C)(C)C. The second kappa shape index (κ2) is 3.88. The fourth-order valence-corrected chi connectivity index (χ4v) is 0.912. The third-order valence-electron chi connectivity index (χ3n) is 1.84. The molecule has 0 aliphatic heterocycles. The molecule has 70 valence electrons. The molecule has 0 radical (unpaired) electrons. The zero-order valence-electron chi connectivity index (χ0n) is 8.90. The van der Waals surface area contributed by atoms with E-state index < -0.39 is 0 Å². The molecule has 12 heavy (non-hydrogen) atoms. The Morgan fingerprint density at radius 2 is 1.75 bits per heavy atom. The van der Waals surface area contributed by atoms with Crippen LogP contribution in [0.2, 0.25) is 0 Å². The van der Waals surface area contributed by atoms with Crippen LogP contribution < -0.4 is 0 Å². The first-order valence-electron chi connectivity index (χ1n) is 4.47. The van der Waals surface area contributed by atoms with Crippen LogP contribution in [0.15, 0.2) is 12.2 Å². The van der Waals surface area contributed by atoms with Gasteiger partial charge in [0.25, 0.3) is 0 Å². The largest absolute Gasteiger partial charge is 0.295 e. The van der Waals surface area contributed by atoms with Gasteiger partial charge in [-0.1, -0.05) is 41.2 Å². The Hall–Kier alpha value is -0.590. The third kappa shape index (κ3) is 3.70. The van der Waals surface area contributed by atoms with E-state index in [-0.39, 0.29) is 11.2 Å². The van der Waals surface area contributed by atoms with Crippen LogP contribution in [0.1, 0.15) is 41.0 Å². The number of rotatable bonds is 3. The second-order valence-corrected chi connectivity index (χ2v) is 4.75. The Kier molecular flexibility index (Phi) is 3.69. The standard InChI is InChI=1S/C11H20O/c1-8(2)7-10(12)9(3)11(4,5)6/h8H,3,7H2,1-2,4-6H3. The first-order chi connectivity index (χ1) is 5.25. The van der Waals surface area contributed by atoms with E-state index in [4.69, 9.17) is 0 Å². The zero-order chi connectivity index (χ0) is 9.94. The Morgan fingerprint density at radius 3 is 2.00 bits per heavy atom. The second-order valence-electron chi connectivity index (χ2n) is 4.75. The molecule has 1 heteroatoms. The lowest BCUT2D eigenvalue weighted by atomic mass is 9.83. The highest BCUT2D eigenvalue weighted by molar-refractivity contribution is 5.95. The molecule has 0 N–H and O–H groups in total. The van der Waals surface area contributed by atoms with Crippen molar-refractivity contribution in [3.63, 3.8) is 0 Å². The van der Waals surface area contributed by atoms with Crippen molar-refractivity contribution in [3.05, 3.63) is 12.2 Å². The lowest BCUT2D eigenvalue weighted by molar-refractivity contribution is -0.117. The molecule has 0 bridgehead atoms. The van der Waals surface area contributed by atoms with Crippen LogP contribution >= 0.6 is 0 Å². The maximum absolute atomic E-state index is 11.5. The summed E-state index contributed by atoms with van der Waals surface area (Å²) in [5.41, 5.74) is 0.669. The van der Waals surface area contributed by atoms with Gasteiger partial charge in [-0.05, 0) is 16.9 Å². The summed E-state index contributed by atoms with van der Waals surface area (Å²) in [5.74, 6) is 0.633. The van der Waals surface area contributed by atoms with E-state index in [1.165, 1.54) is 0 Å². The van der Waals surface area contributed by atoms with E-state index in [1.54, 1.807) is 0 Å². The van der Waals surface area contributed by atoms with Gasteiger partial charge in [0.05, 0.1) is 0 Å². The topological polar surface area (TPSA) is 17.1 Å². The maximum atomic E-state index is 11.5. The smallest absolute Gasteiger partial charge is 0.159 e. The number of allylic oxidation sites excluding steroid dienone is 1. The Labute approximate surface area is 75.9 Å². The van der Waals surface area contributed by atoms with E-state index in [2.05, 4.69) is 6.58 Å². The molecule has 0 atom stereocenters. The van der Waals surface area contributed by atoms with E-state index in [9.17, 15) is 4.79 Å². The maximum Gasteiger partial charge on any atom is 0.159 e. The van der Waals surface area contributed by atoms with Crippen LogP contribution in [0.3, 0.4) is 0 Å². The Bertz CT molecular complexity index is 182. The summed E-state index contributed by atoms with van der Waals surface area (Å²) < 4.78 is 0. The summed E-state index contributed by atoms with van der Waals surface area (Å²) in [5, 5.41) is 0. The van der Waals surface area contributed by atoms with Crippen molar-refractivity contribution >= 4 is 5.78 Å². The van der Waals surface area contributed by atoms with Gasteiger partial charge in [0.2, 0.25) is 0 Å². The molecule has 1 nitrogen and oxygen atoms in total. The van der Waals surface area contributed by atoms with Gasteiger partial charge in [0.15, 0.2) is 5.78 Å². The van der Waals surface area contributed by atoms with Crippen LogP contribution in [0.25, 0.3) is 0 Å². The molecule has 0 aromatic rings. The van der Waals surface area contributed by atoms with Gasteiger partial charge >= 0.3 is 0 Å². The summed E-state index contributed by atoms with van der Waals surface area (Å²) >= 11 is 0. The van der Waals surface area contributed by atoms with Crippen LogP contribution in [0.5, 0.6) is 0 Å². The highest BCUT2D eigenvalue weighted by Gasteiger charge is 2.21. The van der Waals surface area contributed by atoms with E-state index in [1.807, 2.05) is 34.6 Å². The fraction of sp³-hybridized carbons (Fsp3) is 0.727. The molecule has 0 saturated carbocycles. The van der Waals surface area contributed by atoms with Gasteiger partial charge in [-0.2, -0.15) is 0 Å². The van der Waals surface area contributed by atoms with Crippen molar-refractivity contribution in [2.24, 2.45) is 11.3 Å². The Balaban J connectivity index is 4.22. The normalized spacial score (nSPS) is 11.8. The minimum Gasteiger partial charge on any atom is -0.295 e. The van der Waals surface area contributed by atoms with Crippen molar-refractivity contribution in [1.29, 1.82) is 0 Å². The van der Waals surface area contributed by atoms with Gasteiger partial charge in [-0.3, -0.25) is 4.79 Å². The molecule has 0 saturated heterocycles. The summed E-state index contributed by atoms with van der Waals surface area (Å²) in [6.07, 6.45) is 0.621. The molecular formula is C11H20O. The molecular weight excluding hydrogens is 148 g/mol. The van der Waals surface area contributed by atoms with Crippen LogP contribution in [0, 0.1) is 11.3 Å². The summed E-state index contributed by atoms with van der Waals surface area (Å²) in [6, 6.07) is 0. The highest BCUT2D eigenvalue weighted by atomic mass is 16.1. The van der Waals surface area contributed by atoms with Crippen molar-refractivity contribution in [2.45, 2.75) is 41.0 Å². The van der Waals surface area contributed by atoms with Gasteiger partial charge in [-0.25, -0.2) is 0 Å². The van der Waals surface area contributed by atoms with Gasteiger partial charge < -0.3 is 0 Å². The number of ketones is 1. The molecule has 0 aliphatic rings. The predicted octanol–water partition coefficient (Wildman–Crippen LogP) is 3.20. The first-order valence-corrected chi connectivity index (χ1v) is 4.47. The van der Waals surface area contributed by atoms with Gasteiger partial charge in [0, 0.05) is 6.42 Å². The average molecular weight is 168 g/mol. The Morgan fingerprint density at radius 1 is 1.33 bits per heavy atom. The van der Waals surface area contributed by atoms with Gasteiger partial charge in [-0.15, -0.1) is 0 Å². The number of hydrogen-bond acceptors (Lipinski definition) is 1. The average Bonchev–Trinajstić information content (AvgIpc) is 1.82. The first kappa shape index (κ1) is 11.4. The molecule has 0 aliphatic carbocycles. The quantitative estimate of drug-likeness (QED) is 0.591. The molecule has 0 spiro atoms. The number of Topliss-reactive ketones (excluding diaryl/α,β-unsaturated/α-hetero) is 1. The summed E-state index contributed by atoms with van der Waals surface area (Å²) in [4.78, 5) is 11.5. The predicted molar refractivity (Wildman–Crippen MR) is 53.1 cm³/mol. The van der Waals surface area contributed by atoms with Crippen LogP contribution in [-0.2, 0) is 4.79 Å². The van der Waals surface area contributed by atoms with Gasteiger partial charge in [0.1, 0.15) is 0 Å². The summed E-state index contributed by atoms with van der Waals surface area (Å²) in [6.45, 7) is 14.0. The molecule has 0 heterocycles. The minimum atomic E-state index is -0.0774. The molecule has 0 unspecified atom stereocenters. The lowest BCUT2D eigenvalue weighted by Crippen LogP contribution is -2.18. The van der Waals surface area contributed by atoms with Crippen LogP contribution in [-0.4, -0.2) is 5.78 Å². The van der Waals surface area contributed by atoms with Crippen molar-refractivity contribution in [2.75, 3.05) is 0 Å². The molecule has 0 amide bonds. The molecule has 0 aromatic carbocycles. The van der Waals surface area contributed by atoms with Crippen molar-refractivity contribution in [3.8, 4) is 0 Å². The highest BCUT2D eigenvalue weighted by Crippen LogP contribution is 2.25. The zero-order valence-corrected chi connectivity index (χ0v) is 8.90. The van der Waals surface area contributed by atoms with E-state index >= 15 is 0 Å². The van der Waals surface area contributed by atoms with Crippen molar-refractivity contribution < 1.29 is 4.79 Å². The number of carbonyl (C=O) groups is 1.